The zero-order chi connectivity index (χ0) is 28.1. The molecule has 4 aromatic rings. The minimum Gasteiger partial charge on any atom is -0.480 e. The number of hydrogen-bond donors (Lipinski definition) is 3. The van der Waals surface area contributed by atoms with Gasteiger partial charge < -0.3 is 24.6 Å². The highest BCUT2D eigenvalue weighted by molar-refractivity contribution is 7.98. The lowest BCUT2D eigenvalue weighted by molar-refractivity contribution is -0.141. The van der Waals surface area contributed by atoms with Gasteiger partial charge in [-0.1, -0.05) is 30.3 Å². The Bertz CT molecular complexity index is 1590. The van der Waals surface area contributed by atoms with Crippen LogP contribution >= 0.6 is 11.8 Å². The summed E-state index contributed by atoms with van der Waals surface area (Å²) in [4.78, 5) is 49.1. The molecule has 39 heavy (non-hydrogen) atoms. The number of carboxylic acid groups (broad SMARTS) is 1. The third kappa shape index (κ3) is 6.69. The first-order chi connectivity index (χ1) is 18.6. The topological polar surface area (TPSA) is 139 Å². The Morgan fingerprint density at radius 3 is 2.36 bits per heavy atom. The predicted molar refractivity (Wildman–Crippen MR) is 150 cm³/mol. The molecule has 2 aromatic carbocycles. The molecule has 204 valence electrons. The van der Waals surface area contributed by atoms with Crippen LogP contribution in [0, 0.1) is 20.8 Å². The van der Waals surface area contributed by atoms with Gasteiger partial charge in [-0.2, -0.15) is 11.8 Å². The second-order valence-corrected chi connectivity index (χ2v) is 10.4. The van der Waals surface area contributed by atoms with Crippen LogP contribution in [0.1, 0.15) is 34.4 Å². The molecule has 0 bridgehead atoms. The van der Waals surface area contributed by atoms with Crippen molar-refractivity contribution in [3.05, 3.63) is 80.9 Å². The first-order valence-electron chi connectivity index (χ1n) is 12.5. The monoisotopic (exact) mass is 550 g/mol. The molecule has 0 aliphatic carbocycles. The van der Waals surface area contributed by atoms with E-state index in [1.165, 1.54) is 11.8 Å². The maximum atomic E-state index is 12.6. The number of carbonyl (C=O) groups is 3. The van der Waals surface area contributed by atoms with Crippen LogP contribution in [0.25, 0.3) is 21.9 Å². The molecule has 0 unspecified atom stereocenters. The molecule has 0 saturated heterocycles. The summed E-state index contributed by atoms with van der Waals surface area (Å²) in [7, 11) is 0. The highest BCUT2D eigenvalue weighted by Crippen LogP contribution is 2.31. The van der Waals surface area contributed by atoms with Crippen LogP contribution in [0.4, 0.5) is 0 Å². The van der Waals surface area contributed by atoms with Gasteiger partial charge in [0.2, 0.25) is 11.8 Å². The van der Waals surface area contributed by atoms with Crippen LogP contribution in [-0.2, 0) is 26.6 Å². The molecular weight excluding hydrogens is 520 g/mol. The maximum Gasteiger partial charge on any atom is 0.340 e. The Balaban J connectivity index is 1.31. The molecule has 9 nitrogen and oxygen atoms in total. The first kappa shape index (κ1) is 28.0. The molecule has 4 rings (SSSR count). The quantitative estimate of drug-likeness (QED) is 0.238. The molecule has 0 spiro atoms. The Morgan fingerprint density at radius 1 is 0.949 bits per heavy atom. The van der Waals surface area contributed by atoms with E-state index in [1.807, 2.05) is 50.2 Å². The lowest BCUT2D eigenvalue weighted by atomic mass is 10.0. The van der Waals surface area contributed by atoms with Gasteiger partial charge in [-0.3, -0.25) is 9.59 Å². The van der Waals surface area contributed by atoms with Crippen LogP contribution in [0.2, 0.25) is 0 Å². The van der Waals surface area contributed by atoms with E-state index in [1.54, 1.807) is 13.0 Å². The van der Waals surface area contributed by atoms with Crippen molar-refractivity contribution in [1.82, 2.24) is 10.6 Å². The molecule has 2 aromatic heterocycles. The second-order valence-electron chi connectivity index (χ2n) is 9.36. The summed E-state index contributed by atoms with van der Waals surface area (Å²) >= 11 is 1.41. The van der Waals surface area contributed by atoms with Gasteiger partial charge in [0.1, 0.15) is 23.0 Å². The number of hydrogen-bond acceptors (Lipinski definition) is 7. The maximum absolute atomic E-state index is 12.6. The summed E-state index contributed by atoms with van der Waals surface area (Å²) in [6.45, 7) is 5.59. The lowest BCUT2D eigenvalue weighted by Crippen LogP contribution is -2.43. The summed E-state index contributed by atoms with van der Waals surface area (Å²) in [5.41, 5.74) is 3.35. The van der Waals surface area contributed by atoms with E-state index >= 15 is 0 Å². The predicted octanol–water partition coefficient (Wildman–Crippen LogP) is 4.02. The van der Waals surface area contributed by atoms with E-state index in [4.69, 9.17) is 8.83 Å². The number of fused-ring (bicyclic) bond motifs is 2. The highest BCUT2D eigenvalue weighted by Gasteiger charge is 2.21. The average molecular weight is 551 g/mol. The fourth-order valence-corrected chi connectivity index (χ4v) is 5.29. The van der Waals surface area contributed by atoms with Crippen molar-refractivity contribution in [2.75, 3.05) is 12.3 Å². The third-order valence-corrected chi connectivity index (χ3v) is 7.73. The van der Waals surface area contributed by atoms with Crippen LogP contribution in [0.3, 0.4) is 0 Å². The molecule has 1 atom stereocenters. The number of nitrogens with one attached hydrogen (secondary N) is 2. The van der Waals surface area contributed by atoms with Gasteiger partial charge in [0.25, 0.3) is 0 Å². The lowest BCUT2D eigenvalue weighted by Gasteiger charge is -2.14. The summed E-state index contributed by atoms with van der Waals surface area (Å²) < 4.78 is 11.2. The SMILES string of the molecule is Cc1oc2cc3oc(=O)c(CC(=O)NCCC(=O)N[C@@H](CSCc4ccccc4)C(=O)O)c(C)c3cc2c1C. The standard InChI is InChI=1S/C29H30N2O7S/c1-16-18(3)37-24-13-25-21(11-20(16)24)17(2)22(29(36)38-25)12-27(33)30-10-9-26(32)31-23(28(34)35)15-39-14-19-7-5-4-6-8-19/h4-8,11,13,23H,9-10,12,14-15H2,1-3H3,(H,30,33)(H,31,32)(H,34,35)/t23-/m0/s1. The van der Waals surface area contributed by atoms with E-state index in [-0.39, 0.29) is 30.7 Å². The van der Waals surface area contributed by atoms with Crippen molar-refractivity contribution in [3.8, 4) is 0 Å². The van der Waals surface area contributed by atoms with Gasteiger partial charge in [0, 0.05) is 41.3 Å². The number of amides is 2. The number of carbonyl (C=O) groups excluding carboxylic acids is 2. The van der Waals surface area contributed by atoms with Gasteiger partial charge >= 0.3 is 11.6 Å². The number of benzene rings is 2. The Labute approximate surface area is 228 Å². The van der Waals surface area contributed by atoms with Crippen LogP contribution in [-0.4, -0.2) is 41.2 Å². The van der Waals surface area contributed by atoms with Crippen molar-refractivity contribution in [3.63, 3.8) is 0 Å². The third-order valence-electron chi connectivity index (χ3n) is 6.62. The molecular formula is C29H30N2O7S. The van der Waals surface area contributed by atoms with E-state index in [9.17, 15) is 24.3 Å². The smallest absolute Gasteiger partial charge is 0.340 e. The first-order valence-corrected chi connectivity index (χ1v) is 13.7. The molecule has 0 saturated carbocycles. The summed E-state index contributed by atoms with van der Waals surface area (Å²) in [5.74, 6) is -0.426. The Kier molecular flexibility index (Phi) is 8.75. The highest BCUT2D eigenvalue weighted by atomic mass is 32.2. The van der Waals surface area contributed by atoms with Gasteiger partial charge in [-0.05, 0) is 43.5 Å². The molecule has 0 fully saturated rings. The van der Waals surface area contributed by atoms with Crippen molar-refractivity contribution < 1.29 is 28.3 Å². The molecule has 2 heterocycles. The molecule has 2 amide bonds. The zero-order valence-corrected chi connectivity index (χ0v) is 22.8. The van der Waals surface area contributed by atoms with Gasteiger partial charge in [-0.15, -0.1) is 0 Å². The largest absolute Gasteiger partial charge is 0.480 e. The minimum absolute atomic E-state index is 0.000238. The van der Waals surface area contributed by atoms with Crippen LogP contribution in [0.5, 0.6) is 0 Å². The number of rotatable bonds is 11. The molecule has 0 aliphatic heterocycles. The van der Waals surface area contributed by atoms with E-state index < -0.39 is 29.5 Å². The normalized spacial score (nSPS) is 12.0. The van der Waals surface area contributed by atoms with Gasteiger partial charge in [0.15, 0.2) is 0 Å². The molecule has 0 aliphatic rings. The Hall–Kier alpha value is -4.05. The van der Waals surface area contributed by atoms with Crippen LogP contribution in [0.15, 0.2) is 56.1 Å². The summed E-state index contributed by atoms with van der Waals surface area (Å²) in [5, 5.41) is 16.2. The molecule has 0 radical (unpaired) electrons. The summed E-state index contributed by atoms with van der Waals surface area (Å²) in [6.07, 6.45) is -0.303. The molecule has 10 heteroatoms. The van der Waals surface area contributed by atoms with Gasteiger partial charge in [0.05, 0.1) is 12.0 Å². The van der Waals surface area contributed by atoms with Crippen LogP contribution < -0.4 is 16.3 Å². The minimum atomic E-state index is -1.12. The van der Waals surface area contributed by atoms with Crippen molar-refractivity contribution in [2.45, 2.75) is 45.4 Å². The van der Waals surface area contributed by atoms with E-state index in [0.717, 1.165) is 27.7 Å². The zero-order valence-electron chi connectivity index (χ0n) is 22.0. The van der Waals surface area contributed by atoms with E-state index in [0.29, 0.717) is 22.5 Å². The Morgan fingerprint density at radius 2 is 1.64 bits per heavy atom. The molecule has 3 N–H and O–H groups in total. The number of carboxylic acids is 1. The number of thioether (sulfide) groups is 1. The van der Waals surface area contributed by atoms with Crippen molar-refractivity contribution >= 4 is 51.5 Å². The summed E-state index contributed by atoms with van der Waals surface area (Å²) in [6, 6.07) is 12.2. The van der Waals surface area contributed by atoms with Crippen molar-refractivity contribution in [2.24, 2.45) is 0 Å². The second kappa shape index (κ2) is 12.2. The number of aliphatic carboxylic acids is 1. The number of furan rings is 1. The average Bonchev–Trinajstić information content (AvgIpc) is 3.17. The van der Waals surface area contributed by atoms with E-state index in [2.05, 4.69) is 10.6 Å². The van der Waals surface area contributed by atoms with Gasteiger partial charge in [-0.25, -0.2) is 9.59 Å². The fraction of sp³-hybridized carbons (Fsp3) is 0.310. The number of aryl methyl sites for hydroxylation is 3. The fourth-order valence-electron chi connectivity index (χ4n) is 4.28. The van der Waals surface area contributed by atoms with Crippen molar-refractivity contribution in [1.29, 1.82) is 0 Å².